The number of aryl methyl sites for hydroxylation is 1. The number of aliphatic imine (C=N–C) groups is 1. The molecule has 5 rings (SSSR count). The monoisotopic (exact) mass is 397 g/mol. The second-order valence-electron chi connectivity index (χ2n) is 8.08. The summed E-state index contributed by atoms with van der Waals surface area (Å²) < 4.78 is 5.85. The van der Waals surface area contributed by atoms with Crippen molar-refractivity contribution >= 4 is 11.7 Å². The maximum absolute atomic E-state index is 12.5. The number of fused-ring (bicyclic) bond motifs is 2. The van der Waals surface area contributed by atoms with E-state index < -0.39 is 0 Å². The van der Waals surface area contributed by atoms with Crippen LogP contribution in [0.25, 0.3) is 0 Å². The van der Waals surface area contributed by atoms with E-state index in [1.54, 1.807) is 6.20 Å². The first-order valence-electron chi connectivity index (χ1n) is 10.3. The van der Waals surface area contributed by atoms with E-state index >= 15 is 0 Å². The lowest BCUT2D eigenvalue weighted by Gasteiger charge is -2.22. The van der Waals surface area contributed by atoms with E-state index in [2.05, 4.69) is 35.1 Å². The Hall–Kier alpha value is -3.34. The molecule has 3 aromatic rings. The predicted octanol–water partition coefficient (Wildman–Crippen LogP) is 3.95. The van der Waals surface area contributed by atoms with E-state index in [1.165, 1.54) is 5.56 Å². The van der Waals surface area contributed by atoms with Crippen molar-refractivity contribution in [2.75, 3.05) is 0 Å². The summed E-state index contributed by atoms with van der Waals surface area (Å²) in [6.45, 7) is 4.71. The van der Waals surface area contributed by atoms with Crippen LogP contribution in [0.15, 0.2) is 59.9 Å². The second-order valence-corrected chi connectivity index (χ2v) is 8.08. The Morgan fingerprint density at radius 1 is 1.03 bits per heavy atom. The highest BCUT2D eigenvalue weighted by atomic mass is 16.5. The fourth-order valence-corrected chi connectivity index (χ4v) is 4.37. The van der Waals surface area contributed by atoms with Crippen LogP contribution in [-0.2, 0) is 28.9 Å². The minimum absolute atomic E-state index is 0.0188. The molecule has 1 unspecified atom stereocenters. The molecule has 4 heterocycles. The smallest absolute Gasteiger partial charge is 0.310 e. The van der Waals surface area contributed by atoms with Crippen molar-refractivity contribution in [3.63, 3.8) is 0 Å². The molecule has 5 heteroatoms. The summed E-state index contributed by atoms with van der Waals surface area (Å²) in [5.41, 5.74) is 8.53. The van der Waals surface area contributed by atoms with Gasteiger partial charge in [-0.05, 0) is 53.9 Å². The highest BCUT2D eigenvalue weighted by Crippen LogP contribution is 2.32. The summed E-state index contributed by atoms with van der Waals surface area (Å²) in [6, 6.07) is 14.3. The summed E-state index contributed by atoms with van der Waals surface area (Å²) in [5, 5.41) is 0. The van der Waals surface area contributed by atoms with Crippen LogP contribution in [0.4, 0.5) is 0 Å². The standard InChI is InChI=1S/C25H23N3O2/c1-15-9-17(6-8-26-15)25-21-11-19-12-23(16(2)22-5-3-4-7-27-22)30-24(29)13-18(19)10-20(21)14-28-25/h3-11,16,23H,12-14H2,1-2H3/t16-,23?/m1/s1. The molecule has 2 aliphatic heterocycles. The van der Waals surface area contributed by atoms with Gasteiger partial charge in [0, 0.05) is 47.2 Å². The van der Waals surface area contributed by atoms with Gasteiger partial charge in [-0.1, -0.05) is 19.1 Å². The van der Waals surface area contributed by atoms with Crippen LogP contribution >= 0.6 is 0 Å². The van der Waals surface area contributed by atoms with Gasteiger partial charge in [0.2, 0.25) is 0 Å². The van der Waals surface area contributed by atoms with E-state index in [0.29, 0.717) is 19.4 Å². The zero-order chi connectivity index (χ0) is 20.7. The van der Waals surface area contributed by atoms with E-state index in [1.807, 2.05) is 37.4 Å². The summed E-state index contributed by atoms with van der Waals surface area (Å²) in [7, 11) is 0. The molecule has 0 N–H and O–H groups in total. The Labute approximate surface area is 175 Å². The van der Waals surface area contributed by atoms with Crippen LogP contribution in [0.1, 0.15) is 52.0 Å². The number of rotatable bonds is 3. The predicted molar refractivity (Wildman–Crippen MR) is 115 cm³/mol. The summed E-state index contributed by atoms with van der Waals surface area (Å²) in [6.07, 6.45) is 4.35. The average Bonchev–Trinajstić information content (AvgIpc) is 3.08. The molecule has 0 radical (unpaired) electrons. The number of ether oxygens (including phenoxy) is 1. The average molecular weight is 397 g/mol. The third-order valence-electron chi connectivity index (χ3n) is 6.01. The van der Waals surface area contributed by atoms with Gasteiger partial charge in [0.05, 0.1) is 18.7 Å². The van der Waals surface area contributed by atoms with Gasteiger partial charge in [0.25, 0.3) is 0 Å². The largest absolute Gasteiger partial charge is 0.461 e. The lowest BCUT2D eigenvalue weighted by atomic mass is 9.89. The van der Waals surface area contributed by atoms with Crippen LogP contribution in [0.2, 0.25) is 0 Å². The first-order chi connectivity index (χ1) is 14.6. The van der Waals surface area contributed by atoms with Crippen molar-refractivity contribution in [2.45, 2.75) is 45.3 Å². The molecule has 0 saturated carbocycles. The number of cyclic esters (lactones) is 1. The van der Waals surface area contributed by atoms with Crippen LogP contribution in [0.3, 0.4) is 0 Å². The maximum atomic E-state index is 12.5. The van der Waals surface area contributed by atoms with Gasteiger partial charge >= 0.3 is 5.97 Å². The van der Waals surface area contributed by atoms with Gasteiger partial charge in [-0.15, -0.1) is 0 Å². The van der Waals surface area contributed by atoms with Crippen molar-refractivity contribution in [1.82, 2.24) is 9.97 Å². The molecule has 5 nitrogen and oxygen atoms in total. The minimum Gasteiger partial charge on any atom is -0.461 e. The van der Waals surface area contributed by atoms with E-state index in [0.717, 1.165) is 39.4 Å². The summed E-state index contributed by atoms with van der Waals surface area (Å²) in [4.78, 5) is 26.1. The van der Waals surface area contributed by atoms with E-state index in [9.17, 15) is 4.79 Å². The van der Waals surface area contributed by atoms with Gasteiger partial charge in [0.1, 0.15) is 6.10 Å². The fraction of sp³-hybridized carbons (Fsp3) is 0.280. The maximum Gasteiger partial charge on any atom is 0.310 e. The molecule has 0 saturated heterocycles. The Balaban J connectivity index is 1.51. The van der Waals surface area contributed by atoms with Crippen LogP contribution < -0.4 is 0 Å². The van der Waals surface area contributed by atoms with Gasteiger partial charge in [-0.3, -0.25) is 19.8 Å². The molecule has 2 aliphatic rings. The molecule has 0 bridgehead atoms. The highest BCUT2D eigenvalue weighted by Gasteiger charge is 2.30. The number of hydrogen-bond acceptors (Lipinski definition) is 5. The molecule has 0 amide bonds. The fourth-order valence-electron chi connectivity index (χ4n) is 4.37. The topological polar surface area (TPSA) is 64.4 Å². The van der Waals surface area contributed by atoms with Gasteiger partial charge in [-0.25, -0.2) is 0 Å². The molecule has 150 valence electrons. The number of esters is 1. The van der Waals surface area contributed by atoms with Crippen LogP contribution in [-0.4, -0.2) is 27.8 Å². The van der Waals surface area contributed by atoms with Crippen LogP contribution in [0.5, 0.6) is 0 Å². The summed E-state index contributed by atoms with van der Waals surface area (Å²) in [5.74, 6) is -0.157. The van der Waals surface area contributed by atoms with Crippen LogP contribution in [0, 0.1) is 6.92 Å². The highest BCUT2D eigenvalue weighted by molar-refractivity contribution is 6.15. The molecular formula is C25H23N3O2. The Kier molecular flexibility index (Phi) is 4.66. The Morgan fingerprint density at radius 2 is 1.93 bits per heavy atom. The van der Waals surface area contributed by atoms with Gasteiger partial charge in [0.15, 0.2) is 0 Å². The molecule has 30 heavy (non-hydrogen) atoms. The number of pyridine rings is 2. The molecular weight excluding hydrogens is 374 g/mol. The third kappa shape index (κ3) is 3.41. The number of nitrogens with zero attached hydrogens (tertiary/aromatic N) is 3. The number of aromatic nitrogens is 2. The molecule has 0 spiro atoms. The van der Waals surface area contributed by atoms with Crippen molar-refractivity contribution in [3.8, 4) is 0 Å². The molecule has 0 fully saturated rings. The Morgan fingerprint density at radius 3 is 2.73 bits per heavy atom. The lowest BCUT2D eigenvalue weighted by Crippen LogP contribution is -2.25. The van der Waals surface area contributed by atoms with Crippen molar-refractivity contribution < 1.29 is 9.53 Å². The van der Waals surface area contributed by atoms with Gasteiger partial charge in [-0.2, -0.15) is 0 Å². The SMILES string of the molecule is Cc1cc(C2=NCc3cc4c(cc32)CC([C@H](C)c2ccccn2)OC(=O)C4)ccn1. The van der Waals surface area contributed by atoms with E-state index in [-0.39, 0.29) is 18.0 Å². The lowest BCUT2D eigenvalue weighted by molar-refractivity contribution is -0.148. The first-order valence-corrected chi connectivity index (χ1v) is 10.3. The second kappa shape index (κ2) is 7.48. The molecule has 1 aromatic carbocycles. The van der Waals surface area contributed by atoms with Crippen molar-refractivity contribution in [1.29, 1.82) is 0 Å². The number of carbonyl (C=O) groups excluding carboxylic acids is 1. The third-order valence-corrected chi connectivity index (χ3v) is 6.01. The normalized spacial score (nSPS) is 18.7. The molecule has 0 aliphatic carbocycles. The van der Waals surface area contributed by atoms with Crippen molar-refractivity contribution in [2.24, 2.45) is 4.99 Å². The molecule has 2 aromatic heterocycles. The summed E-state index contributed by atoms with van der Waals surface area (Å²) >= 11 is 0. The first kappa shape index (κ1) is 18.7. The van der Waals surface area contributed by atoms with Crippen molar-refractivity contribution in [3.05, 3.63) is 94.1 Å². The number of carbonyl (C=O) groups is 1. The number of benzene rings is 1. The zero-order valence-electron chi connectivity index (χ0n) is 17.1. The minimum atomic E-state index is -0.239. The molecule has 2 atom stereocenters. The number of hydrogen-bond donors (Lipinski definition) is 0. The zero-order valence-corrected chi connectivity index (χ0v) is 17.1. The van der Waals surface area contributed by atoms with Gasteiger partial charge < -0.3 is 4.74 Å². The van der Waals surface area contributed by atoms with E-state index in [4.69, 9.17) is 9.73 Å². The quantitative estimate of drug-likeness (QED) is 0.628. The Bertz CT molecular complexity index is 1150.